The minimum Gasteiger partial charge on any atom is -0.312 e. The molecule has 2 aromatic heterocycles. The SMILES string of the molecule is CCCNCc1sc(-c2cscn2)nc1CCC. The van der Waals surface area contributed by atoms with Crippen LogP contribution in [-0.2, 0) is 13.0 Å². The topological polar surface area (TPSA) is 37.8 Å². The molecule has 0 bridgehead atoms. The van der Waals surface area contributed by atoms with Crippen molar-refractivity contribution in [2.75, 3.05) is 6.54 Å². The normalized spacial score (nSPS) is 11.0. The standard InChI is InChI=1S/C13H19N3S2/c1-3-5-10-12(7-14-6-4-2)18-13(16-10)11-8-17-9-15-11/h8-9,14H,3-7H2,1-2H3. The van der Waals surface area contributed by atoms with Crippen molar-refractivity contribution < 1.29 is 0 Å². The third-order valence-electron chi connectivity index (χ3n) is 2.63. The maximum absolute atomic E-state index is 4.74. The van der Waals surface area contributed by atoms with Crippen LogP contribution in [-0.4, -0.2) is 16.5 Å². The van der Waals surface area contributed by atoms with Gasteiger partial charge in [0.1, 0.15) is 10.7 Å². The predicted octanol–water partition coefficient (Wildman–Crippen LogP) is 3.72. The van der Waals surface area contributed by atoms with Crippen molar-refractivity contribution in [2.24, 2.45) is 0 Å². The number of nitrogens with zero attached hydrogens (tertiary/aromatic N) is 2. The first-order chi connectivity index (χ1) is 8.85. The zero-order chi connectivity index (χ0) is 12.8. The quantitative estimate of drug-likeness (QED) is 0.786. The number of nitrogens with one attached hydrogen (secondary N) is 1. The summed E-state index contributed by atoms with van der Waals surface area (Å²) in [5, 5.41) is 6.59. The Balaban J connectivity index is 2.15. The molecule has 1 N–H and O–H groups in total. The van der Waals surface area contributed by atoms with Crippen LogP contribution in [0, 0.1) is 0 Å². The van der Waals surface area contributed by atoms with Crippen LogP contribution in [0.2, 0.25) is 0 Å². The minimum absolute atomic E-state index is 0.935. The average molecular weight is 281 g/mol. The second-order valence-electron chi connectivity index (χ2n) is 4.19. The molecule has 98 valence electrons. The fraction of sp³-hybridized carbons (Fsp3) is 0.538. The van der Waals surface area contributed by atoms with Crippen LogP contribution in [0.25, 0.3) is 10.7 Å². The van der Waals surface area contributed by atoms with Crippen molar-refractivity contribution in [3.05, 3.63) is 21.5 Å². The van der Waals surface area contributed by atoms with Crippen molar-refractivity contribution in [1.29, 1.82) is 0 Å². The molecular weight excluding hydrogens is 262 g/mol. The first kappa shape index (κ1) is 13.6. The second-order valence-corrected chi connectivity index (χ2v) is 5.99. The number of rotatable bonds is 7. The van der Waals surface area contributed by atoms with Crippen LogP contribution in [0.5, 0.6) is 0 Å². The molecule has 18 heavy (non-hydrogen) atoms. The molecule has 0 atom stereocenters. The Kier molecular flexibility index (Phi) is 5.28. The maximum Gasteiger partial charge on any atom is 0.143 e. The van der Waals surface area contributed by atoms with Gasteiger partial charge in [-0.1, -0.05) is 20.3 Å². The summed E-state index contributed by atoms with van der Waals surface area (Å²) in [4.78, 5) is 10.5. The van der Waals surface area contributed by atoms with E-state index in [1.807, 2.05) is 5.51 Å². The van der Waals surface area contributed by atoms with E-state index in [4.69, 9.17) is 4.98 Å². The molecule has 0 aliphatic carbocycles. The minimum atomic E-state index is 0.935. The molecule has 3 nitrogen and oxygen atoms in total. The number of thiazole rings is 2. The van der Waals surface area contributed by atoms with Crippen LogP contribution in [0.4, 0.5) is 0 Å². The highest BCUT2D eigenvalue weighted by Crippen LogP contribution is 2.28. The van der Waals surface area contributed by atoms with Gasteiger partial charge in [0.05, 0.1) is 11.2 Å². The molecule has 0 saturated heterocycles. The van der Waals surface area contributed by atoms with Gasteiger partial charge < -0.3 is 5.32 Å². The van der Waals surface area contributed by atoms with E-state index in [0.717, 1.165) is 36.6 Å². The van der Waals surface area contributed by atoms with Crippen molar-refractivity contribution in [3.63, 3.8) is 0 Å². The van der Waals surface area contributed by atoms with Gasteiger partial charge in [-0.25, -0.2) is 9.97 Å². The lowest BCUT2D eigenvalue weighted by Gasteiger charge is -2.02. The van der Waals surface area contributed by atoms with Gasteiger partial charge in [0.25, 0.3) is 0 Å². The van der Waals surface area contributed by atoms with Gasteiger partial charge in [0.2, 0.25) is 0 Å². The summed E-state index contributed by atoms with van der Waals surface area (Å²) >= 11 is 3.40. The Bertz CT molecular complexity index is 463. The molecule has 2 aromatic rings. The van der Waals surface area contributed by atoms with Crippen molar-refractivity contribution in [1.82, 2.24) is 15.3 Å². The van der Waals surface area contributed by atoms with E-state index in [0.29, 0.717) is 0 Å². The molecule has 0 aliphatic heterocycles. The molecule has 0 radical (unpaired) electrons. The van der Waals surface area contributed by atoms with Crippen LogP contribution >= 0.6 is 22.7 Å². The highest BCUT2D eigenvalue weighted by atomic mass is 32.1. The van der Waals surface area contributed by atoms with Crippen LogP contribution in [0.1, 0.15) is 37.3 Å². The lowest BCUT2D eigenvalue weighted by Crippen LogP contribution is -2.13. The third-order valence-corrected chi connectivity index (χ3v) is 4.34. The summed E-state index contributed by atoms with van der Waals surface area (Å²) in [6.45, 7) is 6.39. The Labute approximate surface area is 116 Å². The molecular formula is C13H19N3S2. The van der Waals surface area contributed by atoms with Gasteiger partial charge in [0.15, 0.2) is 0 Å². The molecule has 0 spiro atoms. The largest absolute Gasteiger partial charge is 0.312 e. The van der Waals surface area contributed by atoms with Crippen molar-refractivity contribution in [3.8, 4) is 10.7 Å². The molecule has 0 amide bonds. The fourth-order valence-electron chi connectivity index (χ4n) is 1.76. The highest BCUT2D eigenvalue weighted by Gasteiger charge is 2.12. The Morgan fingerprint density at radius 2 is 2.17 bits per heavy atom. The molecule has 5 heteroatoms. The molecule has 2 heterocycles. The molecule has 0 unspecified atom stereocenters. The van der Waals surface area contributed by atoms with E-state index in [2.05, 4.69) is 29.5 Å². The van der Waals surface area contributed by atoms with Gasteiger partial charge in [-0.3, -0.25) is 0 Å². The molecule has 0 fully saturated rings. The van der Waals surface area contributed by atoms with Crippen LogP contribution in [0.3, 0.4) is 0 Å². The smallest absolute Gasteiger partial charge is 0.143 e. The Hall–Kier alpha value is -0.780. The number of aromatic nitrogens is 2. The summed E-state index contributed by atoms with van der Waals surface area (Å²) < 4.78 is 0. The molecule has 0 saturated carbocycles. The van der Waals surface area contributed by atoms with E-state index >= 15 is 0 Å². The molecule has 2 rings (SSSR count). The maximum atomic E-state index is 4.74. The predicted molar refractivity (Wildman–Crippen MR) is 79.2 cm³/mol. The number of hydrogen-bond donors (Lipinski definition) is 1. The summed E-state index contributed by atoms with van der Waals surface area (Å²) in [6, 6.07) is 0. The van der Waals surface area contributed by atoms with Gasteiger partial charge in [-0.05, 0) is 19.4 Å². The highest BCUT2D eigenvalue weighted by molar-refractivity contribution is 7.15. The summed E-state index contributed by atoms with van der Waals surface area (Å²) in [7, 11) is 0. The number of aryl methyl sites for hydroxylation is 1. The molecule has 0 aromatic carbocycles. The lowest BCUT2D eigenvalue weighted by atomic mass is 10.2. The lowest BCUT2D eigenvalue weighted by molar-refractivity contribution is 0.674. The Morgan fingerprint density at radius 1 is 1.28 bits per heavy atom. The van der Waals surface area contributed by atoms with E-state index in [1.165, 1.54) is 17.0 Å². The van der Waals surface area contributed by atoms with Gasteiger partial charge in [-0.2, -0.15) is 0 Å². The average Bonchev–Trinajstić information content (AvgIpc) is 2.99. The second kappa shape index (κ2) is 6.97. The van der Waals surface area contributed by atoms with E-state index in [1.54, 1.807) is 22.7 Å². The summed E-state index contributed by atoms with van der Waals surface area (Å²) in [5.74, 6) is 0. The van der Waals surface area contributed by atoms with E-state index in [-0.39, 0.29) is 0 Å². The Morgan fingerprint density at radius 3 is 2.83 bits per heavy atom. The van der Waals surface area contributed by atoms with Gasteiger partial charge >= 0.3 is 0 Å². The fourth-order valence-corrected chi connectivity index (χ4v) is 3.42. The zero-order valence-electron chi connectivity index (χ0n) is 10.9. The van der Waals surface area contributed by atoms with Crippen molar-refractivity contribution in [2.45, 2.75) is 39.7 Å². The molecule has 0 aliphatic rings. The number of hydrogen-bond acceptors (Lipinski definition) is 5. The van der Waals surface area contributed by atoms with E-state index in [9.17, 15) is 0 Å². The van der Waals surface area contributed by atoms with Crippen molar-refractivity contribution >= 4 is 22.7 Å². The zero-order valence-corrected chi connectivity index (χ0v) is 12.5. The monoisotopic (exact) mass is 281 g/mol. The van der Waals surface area contributed by atoms with Crippen LogP contribution in [0.15, 0.2) is 10.9 Å². The van der Waals surface area contributed by atoms with Crippen LogP contribution < -0.4 is 5.32 Å². The summed E-state index contributed by atoms with van der Waals surface area (Å²) in [5.41, 5.74) is 4.13. The first-order valence-electron chi connectivity index (χ1n) is 6.43. The van der Waals surface area contributed by atoms with Gasteiger partial charge in [0, 0.05) is 16.8 Å². The summed E-state index contributed by atoms with van der Waals surface area (Å²) in [6.07, 6.45) is 3.37. The first-order valence-corrected chi connectivity index (χ1v) is 8.19. The van der Waals surface area contributed by atoms with E-state index < -0.39 is 0 Å². The van der Waals surface area contributed by atoms with Gasteiger partial charge in [-0.15, -0.1) is 22.7 Å². The third kappa shape index (κ3) is 3.37.